The number of epoxide rings is 1. The minimum Gasteiger partial charge on any atom is -0.463 e. The predicted octanol–water partition coefficient (Wildman–Crippen LogP) is 3.71. The summed E-state index contributed by atoms with van der Waals surface area (Å²) in [5.41, 5.74) is 0.453. The zero-order valence-corrected chi connectivity index (χ0v) is 12.2. The van der Waals surface area contributed by atoms with Crippen LogP contribution in [0.1, 0.15) is 65.7 Å². The van der Waals surface area contributed by atoms with Gasteiger partial charge in [0.05, 0.1) is 6.61 Å². The van der Waals surface area contributed by atoms with Crippen molar-refractivity contribution in [1.82, 2.24) is 0 Å². The molecule has 3 nitrogen and oxygen atoms in total. The average molecular weight is 256 g/mol. The number of ether oxygens (including phenoxy) is 2. The number of hydrogen-bond acceptors (Lipinski definition) is 3. The van der Waals surface area contributed by atoms with E-state index in [9.17, 15) is 4.79 Å². The van der Waals surface area contributed by atoms with Crippen molar-refractivity contribution in [2.24, 2.45) is 5.41 Å². The molecule has 1 heterocycles. The Labute approximate surface area is 111 Å². The van der Waals surface area contributed by atoms with Crippen LogP contribution in [0.4, 0.5) is 0 Å². The van der Waals surface area contributed by atoms with Crippen LogP contribution in [-0.2, 0) is 14.3 Å². The molecule has 0 aromatic heterocycles. The Hall–Kier alpha value is -0.570. The maximum absolute atomic E-state index is 11.3. The number of carbonyl (C=O) groups is 1. The molecule has 1 rings (SSSR count). The monoisotopic (exact) mass is 256 g/mol. The van der Waals surface area contributed by atoms with Gasteiger partial charge in [-0.1, -0.05) is 46.5 Å². The summed E-state index contributed by atoms with van der Waals surface area (Å²) in [4.78, 5) is 11.3. The molecule has 0 amide bonds. The van der Waals surface area contributed by atoms with Gasteiger partial charge in [0.15, 0.2) is 0 Å². The standard InChI is InChI=1S/C15H28O3/c1-15(2,3)10-8-6-4-5-7-9-14(16)18-12-13-11-17-13/h13H,4-12H2,1-3H3. The van der Waals surface area contributed by atoms with E-state index in [-0.39, 0.29) is 12.1 Å². The Kier molecular flexibility index (Phi) is 6.69. The Morgan fingerprint density at radius 1 is 1.17 bits per heavy atom. The predicted molar refractivity (Wildman–Crippen MR) is 72.5 cm³/mol. The van der Waals surface area contributed by atoms with Crippen LogP contribution in [0.3, 0.4) is 0 Å². The number of esters is 1. The maximum atomic E-state index is 11.3. The maximum Gasteiger partial charge on any atom is 0.305 e. The lowest BCUT2D eigenvalue weighted by Crippen LogP contribution is -2.09. The van der Waals surface area contributed by atoms with Crippen molar-refractivity contribution in [1.29, 1.82) is 0 Å². The van der Waals surface area contributed by atoms with Crippen LogP contribution in [0, 0.1) is 5.41 Å². The minimum atomic E-state index is -0.0693. The third kappa shape index (κ3) is 9.46. The molecule has 0 aromatic rings. The van der Waals surface area contributed by atoms with Crippen molar-refractivity contribution in [3.8, 4) is 0 Å². The zero-order valence-electron chi connectivity index (χ0n) is 12.2. The lowest BCUT2D eigenvalue weighted by atomic mass is 9.89. The molecule has 1 saturated heterocycles. The molecular formula is C15H28O3. The molecule has 1 unspecified atom stereocenters. The van der Waals surface area contributed by atoms with Crippen LogP contribution in [0.25, 0.3) is 0 Å². The van der Waals surface area contributed by atoms with Gasteiger partial charge in [0.1, 0.15) is 12.7 Å². The summed E-state index contributed by atoms with van der Waals surface area (Å²) in [6.45, 7) is 8.05. The van der Waals surface area contributed by atoms with E-state index in [0.717, 1.165) is 19.4 Å². The van der Waals surface area contributed by atoms with Crippen molar-refractivity contribution >= 4 is 5.97 Å². The molecule has 1 aliphatic heterocycles. The van der Waals surface area contributed by atoms with Crippen LogP contribution >= 0.6 is 0 Å². The third-order valence-electron chi connectivity index (χ3n) is 3.14. The first-order valence-electron chi connectivity index (χ1n) is 7.24. The summed E-state index contributed by atoms with van der Waals surface area (Å²) in [6, 6.07) is 0. The molecule has 0 aliphatic carbocycles. The molecule has 1 atom stereocenters. The second kappa shape index (κ2) is 7.78. The van der Waals surface area contributed by atoms with E-state index in [0.29, 0.717) is 18.4 Å². The van der Waals surface area contributed by atoms with Crippen LogP contribution < -0.4 is 0 Å². The van der Waals surface area contributed by atoms with E-state index in [4.69, 9.17) is 9.47 Å². The van der Waals surface area contributed by atoms with Crippen molar-refractivity contribution in [3.05, 3.63) is 0 Å². The number of unbranched alkanes of at least 4 members (excludes halogenated alkanes) is 4. The van der Waals surface area contributed by atoms with Crippen molar-refractivity contribution < 1.29 is 14.3 Å². The average Bonchev–Trinajstić information content (AvgIpc) is 3.07. The van der Waals surface area contributed by atoms with Crippen LogP contribution in [0.2, 0.25) is 0 Å². The molecule has 0 saturated carbocycles. The summed E-state index contributed by atoms with van der Waals surface area (Å²) in [5, 5.41) is 0. The van der Waals surface area contributed by atoms with Gasteiger partial charge in [-0.05, 0) is 18.3 Å². The first-order chi connectivity index (χ1) is 8.47. The summed E-state index contributed by atoms with van der Waals surface area (Å²) < 4.78 is 10.1. The fourth-order valence-corrected chi connectivity index (χ4v) is 1.88. The normalized spacial score (nSPS) is 18.7. The van der Waals surface area contributed by atoms with E-state index in [1.165, 1.54) is 25.7 Å². The van der Waals surface area contributed by atoms with E-state index < -0.39 is 0 Å². The first kappa shape index (κ1) is 15.5. The van der Waals surface area contributed by atoms with Crippen molar-refractivity contribution in [2.45, 2.75) is 71.8 Å². The van der Waals surface area contributed by atoms with Gasteiger partial charge in [0.25, 0.3) is 0 Å². The van der Waals surface area contributed by atoms with Crippen molar-refractivity contribution in [3.63, 3.8) is 0 Å². The second-order valence-electron chi connectivity index (χ2n) is 6.47. The molecule has 0 radical (unpaired) electrons. The van der Waals surface area contributed by atoms with Gasteiger partial charge in [-0.2, -0.15) is 0 Å². The van der Waals surface area contributed by atoms with E-state index in [1.54, 1.807) is 0 Å². The molecule has 1 fully saturated rings. The summed E-state index contributed by atoms with van der Waals surface area (Å²) >= 11 is 0. The Balaban J connectivity index is 1.81. The van der Waals surface area contributed by atoms with E-state index in [2.05, 4.69) is 20.8 Å². The molecular weight excluding hydrogens is 228 g/mol. The zero-order chi connectivity index (χ0) is 13.4. The second-order valence-corrected chi connectivity index (χ2v) is 6.47. The number of rotatable bonds is 9. The highest BCUT2D eigenvalue weighted by Gasteiger charge is 2.23. The first-order valence-corrected chi connectivity index (χ1v) is 7.24. The fraction of sp³-hybridized carbons (Fsp3) is 0.933. The Morgan fingerprint density at radius 3 is 2.39 bits per heavy atom. The highest BCUT2D eigenvalue weighted by molar-refractivity contribution is 5.69. The van der Waals surface area contributed by atoms with Gasteiger partial charge in [0, 0.05) is 6.42 Å². The van der Waals surface area contributed by atoms with E-state index in [1.807, 2.05) is 0 Å². The largest absolute Gasteiger partial charge is 0.463 e. The van der Waals surface area contributed by atoms with Gasteiger partial charge >= 0.3 is 5.97 Å². The van der Waals surface area contributed by atoms with Crippen molar-refractivity contribution in [2.75, 3.05) is 13.2 Å². The Morgan fingerprint density at radius 2 is 1.78 bits per heavy atom. The summed E-state index contributed by atoms with van der Waals surface area (Å²) in [6.07, 6.45) is 7.94. The summed E-state index contributed by atoms with van der Waals surface area (Å²) in [5.74, 6) is -0.0693. The topological polar surface area (TPSA) is 38.8 Å². The Bertz CT molecular complexity index is 239. The van der Waals surface area contributed by atoms with Gasteiger partial charge in [0.2, 0.25) is 0 Å². The SMILES string of the molecule is CC(C)(C)CCCCCCCC(=O)OCC1CO1. The van der Waals surface area contributed by atoms with Gasteiger partial charge < -0.3 is 9.47 Å². The van der Waals surface area contributed by atoms with Gasteiger partial charge in [-0.3, -0.25) is 4.79 Å². The molecule has 1 aliphatic rings. The van der Waals surface area contributed by atoms with Crippen LogP contribution in [0.15, 0.2) is 0 Å². The van der Waals surface area contributed by atoms with Gasteiger partial charge in [-0.15, -0.1) is 0 Å². The highest BCUT2D eigenvalue weighted by Crippen LogP contribution is 2.22. The highest BCUT2D eigenvalue weighted by atomic mass is 16.6. The lowest BCUT2D eigenvalue weighted by molar-refractivity contribution is -0.144. The molecule has 0 spiro atoms. The number of carbonyl (C=O) groups excluding carboxylic acids is 1. The van der Waals surface area contributed by atoms with Crippen LogP contribution in [0.5, 0.6) is 0 Å². The molecule has 0 bridgehead atoms. The lowest BCUT2D eigenvalue weighted by Gasteiger charge is -2.17. The molecule has 106 valence electrons. The smallest absolute Gasteiger partial charge is 0.305 e. The fourth-order valence-electron chi connectivity index (χ4n) is 1.88. The van der Waals surface area contributed by atoms with Crippen LogP contribution in [-0.4, -0.2) is 25.3 Å². The van der Waals surface area contributed by atoms with Gasteiger partial charge in [-0.25, -0.2) is 0 Å². The molecule has 0 N–H and O–H groups in total. The summed E-state index contributed by atoms with van der Waals surface area (Å²) in [7, 11) is 0. The molecule has 18 heavy (non-hydrogen) atoms. The quantitative estimate of drug-likeness (QED) is 0.358. The number of hydrogen-bond donors (Lipinski definition) is 0. The molecule has 0 aromatic carbocycles. The minimum absolute atomic E-state index is 0.0693. The third-order valence-corrected chi connectivity index (χ3v) is 3.14. The van der Waals surface area contributed by atoms with E-state index >= 15 is 0 Å². The molecule has 3 heteroatoms.